The van der Waals surface area contributed by atoms with Crippen LogP contribution in [-0.2, 0) is 11.2 Å². The third-order valence-electron chi connectivity index (χ3n) is 6.36. The molecule has 5 rings (SSSR count). The lowest BCUT2D eigenvalue weighted by Gasteiger charge is -2.41. The third-order valence-corrected chi connectivity index (χ3v) is 6.36. The number of likely N-dealkylation sites (tertiary alicyclic amines) is 1. The number of carbonyl (C=O) groups excluding carboxylic acids is 1. The van der Waals surface area contributed by atoms with Gasteiger partial charge >= 0.3 is 0 Å². The Hall–Kier alpha value is -3.10. The highest BCUT2D eigenvalue weighted by Crippen LogP contribution is 2.37. The van der Waals surface area contributed by atoms with E-state index in [-0.39, 0.29) is 28.6 Å². The number of benzene rings is 2. The second-order valence-electron chi connectivity index (χ2n) is 8.80. The van der Waals surface area contributed by atoms with Crippen LogP contribution in [0.2, 0.25) is 0 Å². The van der Waals surface area contributed by atoms with Gasteiger partial charge in [-0.3, -0.25) is 9.59 Å². The lowest BCUT2D eigenvalue weighted by atomic mass is 10.00. The fraction of sp³-hybridized carbons (Fsp3) is 0.375. The molecule has 2 aliphatic rings. The molecule has 1 saturated carbocycles. The van der Waals surface area contributed by atoms with Crippen molar-refractivity contribution in [2.45, 2.75) is 30.8 Å². The molecule has 0 atom stereocenters. The van der Waals surface area contributed by atoms with Crippen LogP contribution in [0, 0.1) is 5.82 Å². The molecule has 1 amide bonds. The second-order valence-corrected chi connectivity index (χ2v) is 8.80. The predicted octanol–water partition coefficient (Wildman–Crippen LogP) is 2.25. The molecule has 1 aliphatic carbocycles. The van der Waals surface area contributed by atoms with E-state index < -0.39 is 5.82 Å². The zero-order valence-electron chi connectivity index (χ0n) is 17.9. The van der Waals surface area contributed by atoms with E-state index in [4.69, 9.17) is 4.74 Å². The van der Waals surface area contributed by atoms with Crippen LogP contribution < -0.4 is 10.9 Å². The number of amides is 1. The van der Waals surface area contributed by atoms with Crippen molar-refractivity contribution in [1.82, 2.24) is 20.4 Å². The first kappa shape index (κ1) is 20.8. The molecule has 1 aromatic heterocycles. The molecular weight excluding hydrogens is 411 g/mol. The highest BCUT2D eigenvalue weighted by atomic mass is 19.1. The number of halogens is 1. The Labute approximate surface area is 184 Å². The Morgan fingerprint density at radius 3 is 2.72 bits per heavy atom. The summed E-state index contributed by atoms with van der Waals surface area (Å²) in [6.45, 7) is 1.78. The molecule has 0 spiro atoms. The van der Waals surface area contributed by atoms with Crippen LogP contribution in [0.1, 0.15) is 34.5 Å². The number of aromatic amines is 1. The van der Waals surface area contributed by atoms with E-state index >= 15 is 0 Å². The average molecular weight is 436 g/mol. The molecule has 1 aliphatic heterocycles. The smallest absolute Gasteiger partial charge is 0.272 e. The Morgan fingerprint density at radius 2 is 2.00 bits per heavy atom. The van der Waals surface area contributed by atoms with Crippen LogP contribution in [-0.4, -0.2) is 59.4 Å². The summed E-state index contributed by atoms with van der Waals surface area (Å²) in [5.41, 5.74) is 1.29. The monoisotopic (exact) mass is 436 g/mol. The number of nitrogens with zero attached hydrogens (tertiary/aromatic N) is 2. The number of hydrogen-bond acceptors (Lipinski definition) is 5. The van der Waals surface area contributed by atoms with Gasteiger partial charge in [0, 0.05) is 43.6 Å². The molecule has 0 bridgehead atoms. The Morgan fingerprint density at radius 1 is 1.25 bits per heavy atom. The number of H-pyrrole nitrogens is 1. The minimum Gasteiger partial charge on any atom is -0.383 e. The van der Waals surface area contributed by atoms with E-state index in [2.05, 4.69) is 15.5 Å². The summed E-state index contributed by atoms with van der Waals surface area (Å²) in [7, 11) is 1.69. The molecule has 7 nitrogen and oxygen atoms in total. The van der Waals surface area contributed by atoms with Crippen LogP contribution in [0.5, 0.6) is 0 Å². The maximum absolute atomic E-state index is 14.5. The van der Waals surface area contributed by atoms with Gasteiger partial charge in [-0.15, -0.1) is 0 Å². The van der Waals surface area contributed by atoms with E-state index in [0.29, 0.717) is 37.2 Å². The SMILES string of the molecule is COCC1(NC2CN(C(=O)c3cc(Cc4n[nH]c(=O)c5ccccc45)ccc3F)C2)CC1. The summed E-state index contributed by atoms with van der Waals surface area (Å²) in [6, 6.07) is 12.0. The summed E-state index contributed by atoms with van der Waals surface area (Å²) in [5, 5.41) is 11.6. The zero-order chi connectivity index (χ0) is 22.3. The molecule has 2 heterocycles. The fourth-order valence-electron chi connectivity index (χ4n) is 4.44. The Kier molecular flexibility index (Phi) is 5.27. The van der Waals surface area contributed by atoms with E-state index in [1.165, 1.54) is 6.07 Å². The number of aromatic nitrogens is 2. The summed E-state index contributed by atoms with van der Waals surface area (Å²) in [6.07, 6.45) is 2.53. The van der Waals surface area contributed by atoms with Gasteiger partial charge in [-0.2, -0.15) is 5.10 Å². The number of methoxy groups -OCH3 is 1. The van der Waals surface area contributed by atoms with Gasteiger partial charge in [0.25, 0.3) is 11.5 Å². The van der Waals surface area contributed by atoms with Gasteiger partial charge in [0.05, 0.1) is 23.3 Å². The molecule has 2 N–H and O–H groups in total. The first-order valence-corrected chi connectivity index (χ1v) is 10.8. The molecule has 2 aromatic carbocycles. The second kappa shape index (κ2) is 8.11. The zero-order valence-corrected chi connectivity index (χ0v) is 17.9. The minimum atomic E-state index is -0.535. The Balaban J connectivity index is 1.30. The normalized spacial score (nSPS) is 17.4. The molecular formula is C24H25FN4O3. The van der Waals surface area contributed by atoms with Gasteiger partial charge in [-0.05, 0) is 36.6 Å². The number of carbonyl (C=O) groups is 1. The molecule has 2 fully saturated rings. The van der Waals surface area contributed by atoms with E-state index in [1.54, 1.807) is 36.3 Å². The standard InChI is InChI=1S/C24H25FN4O3/c1-32-14-24(8-9-24)26-16-12-29(13-16)23(31)19-10-15(6-7-20(19)25)11-21-17-4-2-3-5-18(17)22(30)28-27-21/h2-7,10,16,26H,8-9,11-14H2,1H3,(H,28,30). The maximum atomic E-state index is 14.5. The van der Waals surface area contributed by atoms with Gasteiger partial charge in [0.2, 0.25) is 0 Å². The quantitative estimate of drug-likeness (QED) is 0.593. The van der Waals surface area contributed by atoms with Crippen LogP contribution in [0.4, 0.5) is 4.39 Å². The van der Waals surface area contributed by atoms with Crippen molar-refractivity contribution in [3.63, 3.8) is 0 Å². The highest BCUT2D eigenvalue weighted by molar-refractivity contribution is 5.95. The number of fused-ring (bicyclic) bond motifs is 1. The van der Waals surface area contributed by atoms with Gasteiger partial charge in [-0.1, -0.05) is 24.3 Å². The fourth-order valence-corrected chi connectivity index (χ4v) is 4.44. The van der Waals surface area contributed by atoms with E-state index in [1.807, 2.05) is 12.1 Å². The van der Waals surface area contributed by atoms with E-state index in [0.717, 1.165) is 23.8 Å². The van der Waals surface area contributed by atoms with Crippen LogP contribution in [0.25, 0.3) is 10.8 Å². The van der Waals surface area contributed by atoms with Gasteiger partial charge in [-0.25, -0.2) is 9.49 Å². The predicted molar refractivity (Wildman–Crippen MR) is 118 cm³/mol. The molecule has 3 aromatic rings. The summed E-state index contributed by atoms with van der Waals surface area (Å²) in [4.78, 5) is 26.6. The molecule has 32 heavy (non-hydrogen) atoms. The van der Waals surface area contributed by atoms with E-state index in [9.17, 15) is 14.0 Å². The van der Waals surface area contributed by atoms with Crippen LogP contribution >= 0.6 is 0 Å². The minimum absolute atomic E-state index is 0.0478. The van der Waals surface area contributed by atoms with Crippen molar-refractivity contribution in [3.05, 3.63) is 75.5 Å². The highest BCUT2D eigenvalue weighted by Gasteiger charge is 2.46. The maximum Gasteiger partial charge on any atom is 0.272 e. The third kappa shape index (κ3) is 3.91. The molecule has 0 unspecified atom stereocenters. The molecule has 8 heteroatoms. The van der Waals surface area contributed by atoms with Gasteiger partial charge in [0.15, 0.2) is 0 Å². The number of ether oxygens (including phenoxy) is 1. The summed E-state index contributed by atoms with van der Waals surface area (Å²) < 4.78 is 19.8. The lowest BCUT2D eigenvalue weighted by molar-refractivity contribution is 0.0507. The van der Waals surface area contributed by atoms with Crippen molar-refractivity contribution < 1.29 is 13.9 Å². The summed E-state index contributed by atoms with van der Waals surface area (Å²) >= 11 is 0. The van der Waals surface area contributed by atoms with Gasteiger partial charge < -0.3 is 15.0 Å². The molecule has 1 saturated heterocycles. The van der Waals surface area contributed by atoms with Crippen molar-refractivity contribution in [3.8, 4) is 0 Å². The number of hydrogen-bond donors (Lipinski definition) is 2. The van der Waals surface area contributed by atoms with Crippen molar-refractivity contribution in [2.24, 2.45) is 0 Å². The number of rotatable bonds is 7. The van der Waals surface area contributed by atoms with Crippen molar-refractivity contribution in [1.29, 1.82) is 0 Å². The summed E-state index contributed by atoms with van der Waals surface area (Å²) in [5.74, 6) is -0.842. The van der Waals surface area contributed by atoms with Crippen molar-refractivity contribution in [2.75, 3.05) is 26.8 Å². The largest absolute Gasteiger partial charge is 0.383 e. The number of nitrogens with one attached hydrogen (secondary N) is 2. The van der Waals surface area contributed by atoms with Gasteiger partial charge in [0.1, 0.15) is 5.82 Å². The first-order chi connectivity index (χ1) is 15.5. The average Bonchev–Trinajstić information content (AvgIpc) is 3.53. The van der Waals surface area contributed by atoms with Crippen LogP contribution in [0.3, 0.4) is 0 Å². The first-order valence-electron chi connectivity index (χ1n) is 10.8. The Bertz CT molecular complexity index is 1230. The van der Waals surface area contributed by atoms with Crippen molar-refractivity contribution >= 4 is 16.7 Å². The van der Waals surface area contributed by atoms with Crippen LogP contribution in [0.15, 0.2) is 47.3 Å². The lowest BCUT2D eigenvalue weighted by Crippen LogP contribution is -2.63. The molecule has 166 valence electrons. The molecule has 0 radical (unpaired) electrons. The topological polar surface area (TPSA) is 87.3 Å².